The Morgan fingerprint density at radius 2 is 2.10 bits per heavy atom. The maximum absolute atomic E-state index is 12.1. The average Bonchev–Trinajstić information content (AvgIpc) is 3.30. The van der Waals surface area contributed by atoms with E-state index in [2.05, 4.69) is 0 Å². The standard InChI is InChI=1S/C15H19NO5/c1-3-16(10-7-8-10)13(17)9-21-14-11(15(18)19)5-4-6-12(14)20-2/h4-6,10H,3,7-9H2,1-2H3,(H,18,19). The molecule has 1 aromatic rings. The van der Waals surface area contributed by atoms with E-state index < -0.39 is 5.97 Å². The fourth-order valence-electron chi connectivity index (χ4n) is 2.24. The summed E-state index contributed by atoms with van der Waals surface area (Å²) < 4.78 is 10.5. The van der Waals surface area contributed by atoms with Gasteiger partial charge in [-0.25, -0.2) is 4.79 Å². The van der Waals surface area contributed by atoms with Crippen molar-refractivity contribution in [2.75, 3.05) is 20.3 Å². The Bertz CT molecular complexity index is 539. The number of carboxylic acids is 1. The number of amides is 1. The van der Waals surface area contributed by atoms with Crippen LogP contribution in [0.5, 0.6) is 11.5 Å². The minimum Gasteiger partial charge on any atom is -0.493 e. The van der Waals surface area contributed by atoms with Gasteiger partial charge >= 0.3 is 5.97 Å². The van der Waals surface area contributed by atoms with Crippen molar-refractivity contribution >= 4 is 11.9 Å². The third-order valence-corrected chi connectivity index (χ3v) is 3.42. The Hall–Kier alpha value is -2.24. The minimum absolute atomic E-state index is 0.0170. The molecule has 0 radical (unpaired) electrons. The van der Waals surface area contributed by atoms with Crippen LogP contribution in [0.4, 0.5) is 0 Å². The van der Waals surface area contributed by atoms with Gasteiger partial charge in [-0.1, -0.05) is 6.07 Å². The number of carbonyl (C=O) groups excluding carboxylic acids is 1. The van der Waals surface area contributed by atoms with Gasteiger partial charge in [-0.3, -0.25) is 4.79 Å². The van der Waals surface area contributed by atoms with Crippen LogP contribution in [0, 0.1) is 0 Å². The highest BCUT2D eigenvalue weighted by molar-refractivity contribution is 5.92. The van der Waals surface area contributed by atoms with Crippen molar-refractivity contribution in [3.05, 3.63) is 23.8 Å². The Labute approximate surface area is 123 Å². The highest BCUT2D eigenvalue weighted by Crippen LogP contribution is 2.31. The lowest BCUT2D eigenvalue weighted by molar-refractivity contribution is -0.133. The van der Waals surface area contributed by atoms with Gasteiger partial charge in [0.2, 0.25) is 0 Å². The lowest BCUT2D eigenvalue weighted by atomic mass is 10.2. The molecule has 1 aliphatic carbocycles. The quantitative estimate of drug-likeness (QED) is 0.829. The lowest BCUT2D eigenvalue weighted by Gasteiger charge is -2.21. The molecule has 0 aromatic heterocycles. The molecule has 0 unspecified atom stereocenters. The molecule has 1 aromatic carbocycles. The molecule has 0 heterocycles. The molecule has 0 atom stereocenters. The predicted octanol–water partition coefficient (Wildman–Crippen LogP) is 1.78. The van der Waals surface area contributed by atoms with Crippen LogP contribution < -0.4 is 9.47 Å². The normalized spacial score (nSPS) is 13.6. The van der Waals surface area contributed by atoms with Gasteiger partial charge in [0, 0.05) is 12.6 Å². The second-order valence-corrected chi connectivity index (χ2v) is 4.84. The first-order chi connectivity index (χ1) is 10.1. The van der Waals surface area contributed by atoms with E-state index in [1.54, 1.807) is 17.0 Å². The molecular weight excluding hydrogens is 274 g/mol. The molecule has 1 N–H and O–H groups in total. The molecule has 1 amide bonds. The molecule has 0 bridgehead atoms. The number of methoxy groups -OCH3 is 1. The van der Waals surface area contributed by atoms with E-state index in [1.165, 1.54) is 13.2 Å². The predicted molar refractivity (Wildman–Crippen MR) is 75.9 cm³/mol. The maximum Gasteiger partial charge on any atom is 0.339 e. The maximum atomic E-state index is 12.1. The SMILES string of the molecule is CCN(C(=O)COc1c(OC)cccc1C(=O)O)C1CC1. The number of benzene rings is 1. The number of aromatic carboxylic acids is 1. The van der Waals surface area contributed by atoms with E-state index in [-0.39, 0.29) is 23.8 Å². The summed E-state index contributed by atoms with van der Waals surface area (Å²) in [6.45, 7) is 2.36. The summed E-state index contributed by atoms with van der Waals surface area (Å²) in [5.41, 5.74) is -0.0170. The molecule has 0 saturated heterocycles. The Balaban J connectivity index is 2.11. The average molecular weight is 293 g/mol. The Kier molecular flexibility index (Phi) is 4.67. The summed E-state index contributed by atoms with van der Waals surface area (Å²) in [5.74, 6) is -0.863. The summed E-state index contributed by atoms with van der Waals surface area (Å²) in [4.78, 5) is 25.1. The number of rotatable bonds is 7. The van der Waals surface area contributed by atoms with E-state index in [0.29, 0.717) is 18.3 Å². The second-order valence-electron chi connectivity index (χ2n) is 4.84. The van der Waals surface area contributed by atoms with Crippen molar-refractivity contribution in [1.82, 2.24) is 4.90 Å². The molecule has 21 heavy (non-hydrogen) atoms. The number of carbonyl (C=O) groups is 2. The van der Waals surface area contributed by atoms with Crippen LogP contribution in [-0.2, 0) is 4.79 Å². The van der Waals surface area contributed by atoms with E-state index in [0.717, 1.165) is 12.8 Å². The first-order valence-electron chi connectivity index (χ1n) is 6.91. The van der Waals surface area contributed by atoms with Crippen molar-refractivity contribution in [2.24, 2.45) is 0 Å². The summed E-state index contributed by atoms with van der Waals surface area (Å²) in [6, 6.07) is 4.90. The monoisotopic (exact) mass is 293 g/mol. The number of hydrogen-bond donors (Lipinski definition) is 1. The third-order valence-electron chi connectivity index (χ3n) is 3.42. The summed E-state index contributed by atoms with van der Waals surface area (Å²) in [5, 5.41) is 9.17. The molecule has 0 spiro atoms. The van der Waals surface area contributed by atoms with E-state index in [4.69, 9.17) is 9.47 Å². The fraction of sp³-hybridized carbons (Fsp3) is 0.467. The van der Waals surface area contributed by atoms with Crippen LogP contribution in [0.1, 0.15) is 30.1 Å². The Morgan fingerprint density at radius 1 is 1.38 bits per heavy atom. The van der Waals surface area contributed by atoms with Gasteiger partial charge in [-0.15, -0.1) is 0 Å². The molecule has 1 fully saturated rings. The molecule has 6 nitrogen and oxygen atoms in total. The summed E-state index contributed by atoms with van der Waals surface area (Å²) in [6.07, 6.45) is 2.04. The smallest absolute Gasteiger partial charge is 0.339 e. The minimum atomic E-state index is -1.12. The van der Waals surface area contributed by atoms with Gasteiger partial charge in [0.25, 0.3) is 5.91 Å². The zero-order valence-electron chi connectivity index (χ0n) is 12.2. The van der Waals surface area contributed by atoms with Gasteiger partial charge in [0.15, 0.2) is 18.1 Å². The van der Waals surface area contributed by atoms with Crippen molar-refractivity contribution in [3.8, 4) is 11.5 Å². The lowest BCUT2D eigenvalue weighted by Crippen LogP contribution is -2.36. The largest absolute Gasteiger partial charge is 0.493 e. The third kappa shape index (κ3) is 3.45. The Morgan fingerprint density at radius 3 is 2.62 bits per heavy atom. The van der Waals surface area contributed by atoms with Crippen molar-refractivity contribution < 1.29 is 24.2 Å². The number of carboxylic acid groups (broad SMARTS) is 1. The number of nitrogens with zero attached hydrogens (tertiary/aromatic N) is 1. The van der Waals surface area contributed by atoms with Crippen molar-refractivity contribution in [3.63, 3.8) is 0 Å². The van der Waals surface area contributed by atoms with Gasteiger partial charge in [0.05, 0.1) is 7.11 Å². The van der Waals surface area contributed by atoms with E-state index in [9.17, 15) is 14.7 Å². The number of ether oxygens (including phenoxy) is 2. The summed E-state index contributed by atoms with van der Waals surface area (Å²) in [7, 11) is 1.43. The molecule has 1 aliphatic rings. The first kappa shape index (κ1) is 15.2. The highest BCUT2D eigenvalue weighted by Gasteiger charge is 2.31. The fourth-order valence-corrected chi connectivity index (χ4v) is 2.24. The van der Waals surface area contributed by atoms with Crippen LogP contribution in [0.15, 0.2) is 18.2 Å². The number of para-hydroxylation sites is 1. The van der Waals surface area contributed by atoms with Crippen molar-refractivity contribution in [2.45, 2.75) is 25.8 Å². The number of hydrogen-bond acceptors (Lipinski definition) is 4. The van der Waals surface area contributed by atoms with Crippen LogP contribution in [0.3, 0.4) is 0 Å². The molecular formula is C15H19NO5. The van der Waals surface area contributed by atoms with Crippen LogP contribution in [0.2, 0.25) is 0 Å². The molecule has 1 saturated carbocycles. The number of likely N-dealkylation sites (N-methyl/N-ethyl adjacent to an activating group) is 1. The topological polar surface area (TPSA) is 76.1 Å². The van der Waals surface area contributed by atoms with E-state index >= 15 is 0 Å². The molecule has 0 aliphatic heterocycles. The summed E-state index contributed by atoms with van der Waals surface area (Å²) >= 11 is 0. The van der Waals surface area contributed by atoms with Crippen LogP contribution in [0.25, 0.3) is 0 Å². The zero-order chi connectivity index (χ0) is 15.4. The molecule has 2 rings (SSSR count). The van der Waals surface area contributed by atoms with Gasteiger partial charge in [-0.05, 0) is 31.9 Å². The van der Waals surface area contributed by atoms with Gasteiger partial charge < -0.3 is 19.5 Å². The van der Waals surface area contributed by atoms with Gasteiger partial charge in [0.1, 0.15) is 5.56 Å². The molecule has 114 valence electrons. The van der Waals surface area contributed by atoms with Crippen LogP contribution >= 0.6 is 0 Å². The molecule has 6 heteroatoms. The first-order valence-corrected chi connectivity index (χ1v) is 6.91. The second kappa shape index (κ2) is 6.47. The van der Waals surface area contributed by atoms with E-state index in [1.807, 2.05) is 6.92 Å². The highest BCUT2D eigenvalue weighted by atomic mass is 16.5. The van der Waals surface area contributed by atoms with Gasteiger partial charge in [-0.2, -0.15) is 0 Å². The zero-order valence-corrected chi connectivity index (χ0v) is 12.2. The van der Waals surface area contributed by atoms with Crippen LogP contribution in [-0.4, -0.2) is 48.2 Å². The van der Waals surface area contributed by atoms with Crippen molar-refractivity contribution in [1.29, 1.82) is 0 Å².